The number of hydrogen-bond acceptors (Lipinski definition) is 2. The van der Waals surface area contributed by atoms with Gasteiger partial charge in [-0.2, -0.15) is 0 Å². The van der Waals surface area contributed by atoms with E-state index in [1.54, 1.807) is 0 Å². The molecule has 1 aliphatic carbocycles. The van der Waals surface area contributed by atoms with Crippen LogP contribution in [0.15, 0.2) is 24.0 Å². The second-order valence-electron chi connectivity index (χ2n) is 2.59. The zero-order valence-corrected chi connectivity index (χ0v) is 6.67. The van der Waals surface area contributed by atoms with Crippen molar-refractivity contribution >= 4 is 5.78 Å². The van der Waals surface area contributed by atoms with E-state index >= 15 is 0 Å². The van der Waals surface area contributed by atoms with Gasteiger partial charge in [0.25, 0.3) is 0 Å². The first kappa shape index (κ1) is 8.05. The molecule has 0 bridgehead atoms. The van der Waals surface area contributed by atoms with Gasteiger partial charge in [-0.3, -0.25) is 4.79 Å². The first-order chi connectivity index (χ1) is 5.29. The first-order valence-corrected chi connectivity index (χ1v) is 3.77. The molecule has 60 valence electrons. The lowest BCUT2D eigenvalue weighted by Gasteiger charge is -2.09. The summed E-state index contributed by atoms with van der Waals surface area (Å²) < 4.78 is 5.20. The Morgan fingerprint density at radius 2 is 2.55 bits per heavy atom. The minimum absolute atomic E-state index is 0.0699. The third-order valence-electron chi connectivity index (χ3n) is 1.44. The number of rotatable bonds is 3. The number of ether oxygens (including phenoxy) is 1. The minimum Gasteiger partial charge on any atom is -0.490 e. The summed E-state index contributed by atoms with van der Waals surface area (Å²) in [7, 11) is 0. The summed E-state index contributed by atoms with van der Waals surface area (Å²) >= 11 is 0. The van der Waals surface area contributed by atoms with E-state index in [-0.39, 0.29) is 12.4 Å². The summed E-state index contributed by atoms with van der Waals surface area (Å²) in [5.74, 6) is 0.989. The number of Topliss-reactive ketones (excluding diaryl/α,β-unsaturated/α-hetero) is 1. The number of ketones is 1. The van der Waals surface area contributed by atoms with E-state index in [9.17, 15) is 4.79 Å². The summed E-state index contributed by atoms with van der Waals surface area (Å²) in [5.41, 5.74) is 0. The van der Waals surface area contributed by atoms with Crippen LogP contribution < -0.4 is 0 Å². The molecule has 0 aromatic carbocycles. The average molecular weight is 152 g/mol. The van der Waals surface area contributed by atoms with Crippen LogP contribution in [0.3, 0.4) is 0 Å². The SMILES string of the molecule is CC(=O)COC1=CC=CCC1. The predicted octanol–water partition coefficient (Wildman–Crippen LogP) is 1.83. The lowest BCUT2D eigenvalue weighted by atomic mass is 10.2. The van der Waals surface area contributed by atoms with Crippen LogP contribution in [0.4, 0.5) is 0 Å². The Hall–Kier alpha value is -1.05. The monoisotopic (exact) mass is 152 g/mol. The van der Waals surface area contributed by atoms with Crippen molar-refractivity contribution in [3.05, 3.63) is 24.0 Å². The van der Waals surface area contributed by atoms with Crippen LogP contribution in [0.5, 0.6) is 0 Å². The van der Waals surface area contributed by atoms with Gasteiger partial charge in [0.15, 0.2) is 5.78 Å². The van der Waals surface area contributed by atoms with Gasteiger partial charge in [-0.15, -0.1) is 0 Å². The molecule has 0 aromatic rings. The van der Waals surface area contributed by atoms with Gasteiger partial charge in [-0.05, 0) is 19.4 Å². The van der Waals surface area contributed by atoms with Crippen LogP contribution in [-0.2, 0) is 9.53 Å². The van der Waals surface area contributed by atoms with E-state index in [2.05, 4.69) is 6.08 Å². The highest BCUT2D eigenvalue weighted by atomic mass is 16.5. The molecular formula is C9H12O2. The first-order valence-electron chi connectivity index (χ1n) is 3.77. The van der Waals surface area contributed by atoms with E-state index in [1.807, 2.05) is 12.2 Å². The standard InChI is InChI=1S/C9H12O2/c1-8(10)7-11-9-5-3-2-4-6-9/h2-3,5H,4,6-7H2,1H3. The Bertz CT molecular complexity index is 202. The number of hydrogen-bond donors (Lipinski definition) is 0. The molecule has 0 aliphatic heterocycles. The summed E-state index contributed by atoms with van der Waals surface area (Å²) in [4.78, 5) is 10.5. The highest BCUT2D eigenvalue weighted by molar-refractivity contribution is 5.76. The second-order valence-corrected chi connectivity index (χ2v) is 2.59. The van der Waals surface area contributed by atoms with Gasteiger partial charge in [0.05, 0.1) is 5.76 Å². The summed E-state index contributed by atoms with van der Waals surface area (Å²) in [5, 5.41) is 0. The van der Waals surface area contributed by atoms with Gasteiger partial charge >= 0.3 is 0 Å². The Morgan fingerprint density at radius 1 is 1.73 bits per heavy atom. The van der Waals surface area contributed by atoms with Crippen LogP contribution in [0.25, 0.3) is 0 Å². The van der Waals surface area contributed by atoms with Crippen molar-refractivity contribution < 1.29 is 9.53 Å². The molecule has 1 rings (SSSR count). The van der Waals surface area contributed by atoms with Crippen LogP contribution in [0, 0.1) is 0 Å². The quantitative estimate of drug-likeness (QED) is 0.616. The lowest BCUT2D eigenvalue weighted by Crippen LogP contribution is -2.04. The van der Waals surface area contributed by atoms with Crippen LogP contribution >= 0.6 is 0 Å². The number of carbonyl (C=O) groups excluding carboxylic acids is 1. The molecule has 0 N–H and O–H groups in total. The van der Waals surface area contributed by atoms with Crippen molar-refractivity contribution in [2.45, 2.75) is 19.8 Å². The molecule has 0 unspecified atom stereocenters. The van der Waals surface area contributed by atoms with Crippen molar-refractivity contribution in [3.63, 3.8) is 0 Å². The van der Waals surface area contributed by atoms with Gasteiger partial charge in [-0.1, -0.05) is 12.2 Å². The Balaban J connectivity index is 2.31. The molecule has 0 saturated carbocycles. The van der Waals surface area contributed by atoms with Crippen LogP contribution in [-0.4, -0.2) is 12.4 Å². The minimum atomic E-state index is 0.0699. The lowest BCUT2D eigenvalue weighted by molar-refractivity contribution is -0.120. The fraction of sp³-hybridized carbons (Fsp3) is 0.444. The van der Waals surface area contributed by atoms with Crippen LogP contribution in [0.1, 0.15) is 19.8 Å². The second kappa shape index (κ2) is 3.96. The van der Waals surface area contributed by atoms with Gasteiger partial charge in [-0.25, -0.2) is 0 Å². The highest BCUT2D eigenvalue weighted by Crippen LogP contribution is 2.12. The van der Waals surface area contributed by atoms with E-state index in [0.717, 1.165) is 18.6 Å². The number of carbonyl (C=O) groups is 1. The fourth-order valence-corrected chi connectivity index (χ4v) is 0.895. The molecule has 0 saturated heterocycles. The van der Waals surface area contributed by atoms with E-state index in [1.165, 1.54) is 6.92 Å². The topological polar surface area (TPSA) is 26.3 Å². The molecule has 0 aromatic heterocycles. The molecule has 11 heavy (non-hydrogen) atoms. The summed E-state index contributed by atoms with van der Waals surface area (Å²) in [6.45, 7) is 1.74. The molecule has 0 amide bonds. The highest BCUT2D eigenvalue weighted by Gasteiger charge is 2.01. The predicted molar refractivity (Wildman–Crippen MR) is 43.1 cm³/mol. The number of allylic oxidation sites excluding steroid dienone is 4. The molecule has 1 aliphatic rings. The largest absolute Gasteiger partial charge is 0.490 e. The van der Waals surface area contributed by atoms with Gasteiger partial charge in [0.2, 0.25) is 0 Å². The van der Waals surface area contributed by atoms with E-state index < -0.39 is 0 Å². The molecule has 0 radical (unpaired) electrons. The van der Waals surface area contributed by atoms with Crippen molar-refractivity contribution in [1.29, 1.82) is 0 Å². The smallest absolute Gasteiger partial charge is 0.167 e. The van der Waals surface area contributed by atoms with Crippen molar-refractivity contribution in [1.82, 2.24) is 0 Å². The van der Waals surface area contributed by atoms with Crippen molar-refractivity contribution in [3.8, 4) is 0 Å². The van der Waals surface area contributed by atoms with Gasteiger partial charge in [0, 0.05) is 6.42 Å². The third kappa shape index (κ3) is 3.03. The van der Waals surface area contributed by atoms with E-state index in [4.69, 9.17) is 4.74 Å². The maximum atomic E-state index is 10.5. The molecule has 2 heteroatoms. The molecule has 0 fully saturated rings. The Kier molecular flexibility index (Phi) is 2.90. The van der Waals surface area contributed by atoms with Gasteiger partial charge in [0.1, 0.15) is 6.61 Å². The normalized spacial score (nSPS) is 15.9. The van der Waals surface area contributed by atoms with Crippen LogP contribution in [0.2, 0.25) is 0 Å². The molecule has 0 spiro atoms. The van der Waals surface area contributed by atoms with Crippen molar-refractivity contribution in [2.75, 3.05) is 6.61 Å². The summed E-state index contributed by atoms with van der Waals surface area (Å²) in [6.07, 6.45) is 7.89. The molecule has 0 heterocycles. The molecular weight excluding hydrogens is 140 g/mol. The Morgan fingerprint density at radius 3 is 3.09 bits per heavy atom. The zero-order valence-electron chi connectivity index (χ0n) is 6.67. The third-order valence-corrected chi connectivity index (χ3v) is 1.44. The maximum absolute atomic E-state index is 10.5. The van der Waals surface area contributed by atoms with E-state index in [0.29, 0.717) is 0 Å². The van der Waals surface area contributed by atoms with Gasteiger partial charge < -0.3 is 4.74 Å². The molecule has 2 nitrogen and oxygen atoms in total. The fourth-order valence-electron chi connectivity index (χ4n) is 0.895. The zero-order chi connectivity index (χ0) is 8.10. The average Bonchev–Trinajstić information content (AvgIpc) is 2.03. The Labute approximate surface area is 66.5 Å². The summed E-state index contributed by atoms with van der Waals surface area (Å²) in [6, 6.07) is 0. The molecule has 0 atom stereocenters. The van der Waals surface area contributed by atoms with Crippen molar-refractivity contribution in [2.24, 2.45) is 0 Å². The maximum Gasteiger partial charge on any atom is 0.167 e.